The highest BCUT2D eigenvalue weighted by Crippen LogP contribution is 2.16. The molecule has 98 valence electrons. The molecule has 1 saturated heterocycles. The summed E-state index contributed by atoms with van der Waals surface area (Å²) in [4.78, 5) is 13.7. The van der Waals surface area contributed by atoms with Gasteiger partial charge in [0.1, 0.15) is 0 Å². The van der Waals surface area contributed by atoms with Gasteiger partial charge in [-0.1, -0.05) is 37.3 Å². The molecule has 0 radical (unpaired) electrons. The van der Waals surface area contributed by atoms with Crippen molar-refractivity contribution in [1.82, 2.24) is 10.2 Å². The van der Waals surface area contributed by atoms with Crippen LogP contribution in [0.5, 0.6) is 0 Å². The Bertz CT molecular complexity index is 384. The molecule has 2 rings (SSSR count). The second-order valence-corrected chi connectivity index (χ2v) is 5.04. The van der Waals surface area contributed by atoms with Crippen molar-refractivity contribution in [3.05, 3.63) is 35.9 Å². The van der Waals surface area contributed by atoms with Crippen LogP contribution >= 0.6 is 0 Å². The third-order valence-corrected chi connectivity index (χ3v) is 3.21. The monoisotopic (exact) mass is 248 g/mol. The number of nitrogens with zero attached hydrogens (tertiary/aromatic N) is 1. The molecule has 2 amide bonds. The second kappa shape index (κ2) is 5.87. The maximum atomic E-state index is 12.0. The Hall–Kier alpha value is -1.55. The molecule has 1 fully saturated rings. The lowest BCUT2D eigenvalue weighted by molar-refractivity contribution is 0.0604. The lowest BCUT2D eigenvalue weighted by Gasteiger charge is -2.34. The number of rotatable bonds is 2. The summed E-state index contributed by atoms with van der Waals surface area (Å²) in [5.74, 6) is 0.358. The molecule has 0 aromatic heterocycles. The molecule has 1 heterocycles. The molecule has 4 nitrogen and oxygen atoms in total. The van der Waals surface area contributed by atoms with Gasteiger partial charge < -0.3 is 15.3 Å². The number of benzene rings is 1. The fraction of sp³-hybridized carbons (Fsp3) is 0.500. The predicted octanol–water partition coefficient (Wildman–Crippen LogP) is 1.60. The van der Waals surface area contributed by atoms with E-state index >= 15 is 0 Å². The van der Waals surface area contributed by atoms with E-state index in [9.17, 15) is 9.90 Å². The van der Waals surface area contributed by atoms with Gasteiger partial charge >= 0.3 is 6.03 Å². The fourth-order valence-electron chi connectivity index (χ4n) is 2.37. The smallest absolute Gasteiger partial charge is 0.317 e. The summed E-state index contributed by atoms with van der Waals surface area (Å²) < 4.78 is 0. The maximum absolute atomic E-state index is 12.0. The number of carbonyl (C=O) groups is 1. The molecular formula is C14H20N2O2. The predicted molar refractivity (Wildman–Crippen MR) is 70.0 cm³/mol. The normalized spacial score (nSPS) is 23.8. The van der Waals surface area contributed by atoms with Crippen LogP contribution in [-0.2, 0) is 6.54 Å². The molecule has 1 aromatic carbocycles. The van der Waals surface area contributed by atoms with Gasteiger partial charge in [-0.3, -0.25) is 0 Å². The third-order valence-electron chi connectivity index (χ3n) is 3.21. The number of urea groups is 1. The molecule has 0 aliphatic carbocycles. The van der Waals surface area contributed by atoms with Gasteiger partial charge in [-0.25, -0.2) is 4.79 Å². The van der Waals surface area contributed by atoms with Crippen molar-refractivity contribution in [1.29, 1.82) is 0 Å². The first-order valence-electron chi connectivity index (χ1n) is 6.40. The van der Waals surface area contributed by atoms with Crippen molar-refractivity contribution in [2.45, 2.75) is 26.0 Å². The zero-order valence-corrected chi connectivity index (χ0v) is 10.7. The van der Waals surface area contributed by atoms with Crippen molar-refractivity contribution in [3.8, 4) is 0 Å². The van der Waals surface area contributed by atoms with Gasteiger partial charge in [-0.05, 0) is 17.9 Å². The van der Waals surface area contributed by atoms with E-state index in [1.165, 1.54) is 0 Å². The molecular weight excluding hydrogens is 228 g/mol. The van der Waals surface area contributed by atoms with E-state index in [0.29, 0.717) is 19.0 Å². The van der Waals surface area contributed by atoms with E-state index in [1.54, 1.807) is 4.90 Å². The van der Waals surface area contributed by atoms with Gasteiger partial charge in [0.05, 0.1) is 6.10 Å². The van der Waals surface area contributed by atoms with Gasteiger partial charge in [0.2, 0.25) is 0 Å². The molecule has 2 N–H and O–H groups in total. The van der Waals surface area contributed by atoms with E-state index in [1.807, 2.05) is 30.3 Å². The van der Waals surface area contributed by atoms with Crippen LogP contribution in [0.15, 0.2) is 30.3 Å². The Labute approximate surface area is 108 Å². The van der Waals surface area contributed by atoms with Crippen LogP contribution in [0, 0.1) is 5.92 Å². The number of carbonyl (C=O) groups excluding carboxylic acids is 1. The summed E-state index contributed by atoms with van der Waals surface area (Å²) in [6, 6.07) is 9.72. The minimum atomic E-state index is -0.392. The third kappa shape index (κ3) is 3.47. The molecule has 1 aliphatic heterocycles. The molecule has 1 aromatic rings. The van der Waals surface area contributed by atoms with E-state index in [-0.39, 0.29) is 6.03 Å². The summed E-state index contributed by atoms with van der Waals surface area (Å²) >= 11 is 0. The average molecular weight is 248 g/mol. The number of aliphatic hydroxyl groups excluding tert-OH is 1. The van der Waals surface area contributed by atoms with Crippen molar-refractivity contribution in [2.24, 2.45) is 5.92 Å². The van der Waals surface area contributed by atoms with Crippen LogP contribution in [0.25, 0.3) is 0 Å². The first-order chi connectivity index (χ1) is 8.65. The van der Waals surface area contributed by atoms with E-state index in [0.717, 1.165) is 18.5 Å². The Kier molecular flexibility index (Phi) is 4.20. The lowest BCUT2D eigenvalue weighted by Crippen LogP contribution is -2.49. The Morgan fingerprint density at radius 3 is 2.78 bits per heavy atom. The van der Waals surface area contributed by atoms with Crippen molar-refractivity contribution >= 4 is 6.03 Å². The van der Waals surface area contributed by atoms with Gasteiger partial charge in [-0.2, -0.15) is 0 Å². The van der Waals surface area contributed by atoms with Crippen molar-refractivity contribution in [3.63, 3.8) is 0 Å². The quantitative estimate of drug-likeness (QED) is 0.835. The molecule has 18 heavy (non-hydrogen) atoms. The number of nitrogens with one attached hydrogen (secondary N) is 1. The number of likely N-dealkylation sites (tertiary alicyclic amines) is 1. The van der Waals surface area contributed by atoms with Crippen molar-refractivity contribution in [2.75, 3.05) is 13.1 Å². The minimum Gasteiger partial charge on any atom is -0.391 e. The number of hydrogen-bond donors (Lipinski definition) is 2. The van der Waals surface area contributed by atoms with Crippen LogP contribution in [0.3, 0.4) is 0 Å². The first kappa shape index (κ1) is 12.9. The van der Waals surface area contributed by atoms with Gasteiger partial charge in [0.15, 0.2) is 0 Å². The van der Waals surface area contributed by atoms with Crippen LogP contribution in [0.2, 0.25) is 0 Å². The molecule has 0 bridgehead atoms. The SMILES string of the molecule is CC1CC(O)CN(C(=O)NCc2ccccc2)C1. The summed E-state index contributed by atoms with van der Waals surface area (Å²) in [5.41, 5.74) is 1.08. The first-order valence-corrected chi connectivity index (χ1v) is 6.40. The molecule has 2 atom stereocenters. The van der Waals surface area contributed by atoms with E-state index in [2.05, 4.69) is 12.2 Å². The summed E-state index contributed by atoms with van der Waals surface area (Å²) in [6.07, 6.45) is 0.388. The van der Waals surface area contributed by atoms with Crippen LogP contribution < -0.4 is 5.32 Å². The van der Waals surface area contributed by atoms with Crippen LogP contribution in [-0.4, -0.2) is 35.2 Å². The molecule has 0 spiro atoms. The average Bonchev–Trinajstić information content (AvgIpc) is 2.36. The standard InChI is InChI=1S/C14H20N2O2/c1-11-7-13(17)10-16(9-11)14(18)15-8-12-5-3-2-4-6-12/h2-6,11,13,17H,7-10H2,1H3,(H,15,18). The van der Waals surface area contributed by atoms with Crippen LogP contribution in [0.4, 0.5) is 4.79 Å². The minimum absolute atomic E-state index is 0.0931. The molecule has 4 heteroatoms. The molecule has 1 aliphatic rings. The zero-order valence-electron chi connectivity index (χ0n) is 10.7. The summed E-state index contributed by atoms with van der Waals surface area (Å²) in [6.45, 7) is 3.74. The fourth-order valence-corrected chi connectivity index (χ4v) is 2.37. The highest BCUT2D eigenvalue weighted by atomic mass is 16.3. The lowest BCUT2D eigenvalue weighted by atomic mass is 9.98. The zero-order chi connectivity index (χ0) is 13.0. The Morgan fingerprint density at radius 1 is 1.39 bits per heavy atom. The van der Waals surface area contributed by atoms with Crippen LogP contribution in [0.1, 0.15) is 18.9 Å². The van der Waals surface area contributed by atoms with E-state index in [4.69, 9.17) is 0 Å². The molecule has 0 saturated carbocycles. The largest absolute Gasteiger partial charge is 0.391 e. The number of amides is 2. The Morgan fingerprint density at radius 2 is 2.11 bits per heavy atom. The maximum Gasteiger partial charge on any atom is 0.317 e. The van der Waals surface area contributed by atoms with Crippen molar-refractivity contribution < 1.29 is 9.90 Å². The number of piperidine rings is 1. The molecule has 2 unspecified atom stereocenters. The van der Waals surface area contributed by atoms with Gasteiger partial charge in [-0.15, -0.1) is 0 Å². The summed E-state index contributed by atoms with van der Waals surface area (Å²) in [5, 5.41) is 12.5. The Balaban J connectivity index is 1.84. The van der Waals surface area contributed by atoms with Gasteiger partial charge in [0.25, 0.3) is 0 Å². The second-order valence-electron chi connectivity index (χ2n) is 5.04. The topological polar surface area (TPSA) is 52.6 Å². The number of aliphatic hydroxyl groups is 1. The summed E-state index contributed by atoms with van der Waals surface area (Å²) in [7, 11) is 0. The number of hydrogen-bond acceptors (Lipinski definition) is 2. The van der Waals surface area contributed by atoms with Gasteiger partial charge in [0, 0.05) is 19.6 Å². The number of β-amino-alcohol motifs (C(OH)–C–C–N with tert-alkyl or cyclic N) is 1. The highest BCUT2D eigenvalue weighted by Gasteiger charge is 2.26. The highest BCUT2D eigenvalue weighted by molar-refractivity contribution is 5.74. The van der Waals surface area contributed by atoms with E-state index < -0.39 is 6.10 Å².